The normalized spacial score (nSPS) is 12.1. The summed E-state index contributed by atoms with van der Waals surface area (Å²) >= 11 is 3.48. The summed E-state index contributed by atoms with van der Waals surface area (Å²) in [4.78, 5) is 10.6. The number of hydrogen-bond acceptors (Lipinski definition) is 3. The minimum Gasteiger partial charge on any atom is -0.495 e. The Balaban J connectivity index is 3.35. The number of halogens is 1. The van der Waals surface area contributed by atoms with Crippen LogP contribution in [0, 0.1) is 6.92 Å². The van der Waals surface area contributed by atoms with Gasteiger partial charge in [0.2, 0.25) is 0 Å². The largest absolute Gasteiger partial charge is 0.495 e. The second-order valence-electron chi connectivity index (χ2n) is 3.97. The number of aldehydes is 1. The summed E-state index contributed by atoms with van der Waals surface area (Å²) in [5.41, 5.74) is 2.04. The molecule has 4 heteroatoms. The monoisotopic (exact) mass is 300 g/mol. The van der Waals surface area contributed by atoms with E-state index in [-0.39, 0.29) is 5.92 Å². The SMILES string of the molecule is COc1c(C)cc(C(C)CC=O)c(OC)c1Br. The number of ether oxygens (including phenoxy) is 2. The van der Waals surface area contributed by atoms with Crippen LogP contribution in [-0.4, -0.2) is 20.5 Å². The number of hydrogen-bond donors (Lipinski definition) is 0. The lowest BCUT2D eigenvalue weighted by molar-refractivity contribution is -0.108. The number of methoxy groups -OCH3 is 2. The van der Waals surface area contributed by atoms with Crippen LogP contribution >= 0.6 is 15.9 Å². The van der Waals surface area contributed by atoms with E-state index in [1.807, 2.05) is 19.9 Å². The van der Waals surface area contributed by atoms with Gasteiger partial charge in [-0.2, -0.15) is 0 Å². The topological polar surface area (TPSA) is 35.5 Å². The third-order valence-corrected chi connectivity index (χ3v) is 3.50. The molecule has 1 aromatic carbocycles. The van der Waals surface area contributed by atoms with Crippen molar-refractivity contribution in [3.8, 4) is 11.5 Å². The van der Waals surface area contributed by atoms with Gasteiger partial charge in [0.15, 0.2) is 0 Å². The van der Waals surface area contributed by atoms with Crippen molar-refractivity contribution in [1.29, 1.82) is 0 Å². The van der Waals surface area contributed by atoms with Crippen molar-refractivity contribution in [2.24, 2.45) is 0 Å². The van der Waals surface area contributed by atoms with Crippen LogP contribution in [0.5, 0.6) is 11.5 Å². The maximum Gasteiger partial charge on any atom is 0.140 e. The van der Waals surface area contributed by atoms with Gasteiger partial charge in [0.05, 0.1) is 14.2 Å². The summed E-state index contributed by atoms with van der Waals surface area (Å²) in [7, 11) is 3.24. The van der Waals surface area contributed by atoms with Crippen LogP contribution in [0.15, 0.2) is 10.5 Å². The fourth-order valence-corrected chi connectivity index (χ4v) is 2.73. The molecule has 3 nitrogen and oxygen atoms in total. The van der Waals surface area contributed by atoms with E-state index >= 15 is 0 Å². The summed E-state index contributed by atoms with van der Waals surface area (Å²) in [5.74, 6) is 1.63. The highest BCUT2D eigenvalue weighted by atomic mass is 79.9. The van der Waals surface area contributed by atoms with E-state index < -0.39 is 0 Å². The molecule has 0 fully saturated rings. The van der Waals surface area contributed by atoms with Gasteiger partial charge < -0.3 is 14.3 Å². The molecule has 0 aliphatic rings. The molecule has 0 spiro atoms. The molecule has 1 unspecified atom stereocenters. The summed E-state index contributed by atoms with van der Waals surface area (Å²) in [6, 6.07) is 2.01. The number of aryl methyl sites for hydroxylation is 1. The quantitative estimate of drug-likeness (QED) is 0.781. The molecule has 0 saturated carbocycles. The van der Waals surface area contributed by atoms with Crippen LogP contribution in [0.4, 0.5) is 0 Å². The molecule has 0 aliphatic heterocycles. The van der Waals surface area contributed by atoms with Gasteiger partial charge in [-0.1, -0.05) is 6.92 Å². The number of rotatable bonds is 5. The predicted molar refractivity (Wildman–Crippen MR) is 71.1 cm³/mol. The molecule has 1 atom stereocenters. The lowest BCUT2D eigenvalue weighted by Crippen LogP contribution is -2.02. The molecule has 94 valence electrons. The van der Waals surface area contributed by atoms with Crippen LogP contribution in [0.1, 0.15) is 30.4 Å². The first-order chi connectivity index (χ1) is 8.06. The first-order valence-electron chi connectivity index (χ1n) is 5.41. The Labute approximate surface area is 110 Å². The minimum atomic E-state index is 0.128. The molecule has 1 aromatic rings. The summed E-state index contributed by atoms with van der Waals surface area (Å²) < 4.78 is 11.5. The van der Waals surface area contributed by atoms with Crippen molar-refractivity contribution < 1.29 is 14.3 Å². The fourth-order valence-electron chi connectivity index (χ4n) is 1.86. The maximum absolute atomic E-state index is 10.6. The third kappa shape index (κ3) is 2.80. The highest BCUT2D eigenvalue weighted by Gasteiger charge is 2.19. The van der Waals surface area contributed by atoms with Gasteiger partial charge in [0.1, 0.15) is 22.3 Å². The zero-order chi connectivity index (χ0) is 13.0. The molecule has 0 saturated heterocycles. The van der Waals surface area contributed by atoms with Gasteiger partial charge in [0.25, 0.3) is 0 Å². The fraction of sp³-hybridized carbons (Fsp3) is 0.462. The average molecular weight is 301 g/mol. The predicted octanol–water partition coefficient (Wildman–Crippen LogP) is 3.47. The van der Waals surface area contributed by atoms with Gasteiger partial charge in [-0.15, -0.1) is 0 Å². The number of benzene rings is 1. The summed E-state index contributed by atoms with van der Waals surface area (Å²) in [6.07, 6.45) is 1.41. The average Bonchev–Trinajstić information content (AvgIpc) is 2.29. The van der Waals surface area contributed by atoms with E-state index in [2.05, 4.69) is 15.9 Å². The molecule has 0 amide bonds. The van der Waals surface area contributed by atoms with E-state index in [0.29, 0.717) is 6.42 Å². The zero-order valence-corrected chi connectivity index (χ0v) is 12.1. The first kappa shape index (κ1) is 14.0. The molecular formula is C13H17BrO3. The summed E-state index contributed by atoms with van der Waals surface area (Å²) in [6.45, 7) is 3.98. The Morgan fingerprint density at radius 2 is 1.94 bits per heavy atom. The molecule has 0 heterocycles. The molecule has 0 N–H and O–H groups in total. The first-order valence-corrected chi connectivity index (χ1v) is 6.20. The van der Waals surface area contributed by atoms with Gasteiger partial charge in [-0.05, 0) is 46.0 Å². The van der Waals surface area contributed by atoms with Gasteiger partial charge >= 0.3 is 0 Å². The maximum atomic E-state index is 10.6. The van der Waals surface area contributed by atoms with Crippen molar-refractivity contribution in [1.82, 2.24) is 0 Å². The smallest absolute Gasteiger partial charge is 0.140 e. The van der Waals surface area contributed by atoms with Crippen LogP contribution in [0.25, 0.3) is 0 Å². The van der Waals surface area contributed by atoms with E-state index in [1.165, 1.54) is 0 Å². The highest BCUT2D eigenvalue weighted by Crippen LogP contribution is 2.42. The second kappa shape index (κ2) is 6.05. The molecule has 17 heavy (non-hydrogen) atoms. The van der Waals surface area contributed by atoms with Crippen LogP contribution in [0.2, 0.25) is 0 Å². The van der Waals surface area contributed by atoms with Crippen LogP contribution in [0.3, 0.4) is 0 Å². The molecule has 0 aromatic heterocycles. The summed E-state index contributed by atoms with van der Waals surface area (Å²) in [5, 5.41) is 0. The highest BCUT2D eigenvalue weighted by molar-refractivity contribution is 9.10. The Morgan fingerprint density at radius 3 is 2.41 bits per heavy atom. The van der Waals surface area contributed by atoms with Crippen LogP contribution in [-0.2, 0) is 4.79 Å². The molecular weight excluding hydrogens is 284 g/mol. The Kier molecular flexibility index (Phi) is 5.00. The lowest BCUT2D eigenvalue weighted by Gasteiger charge is -2.19. The van der Waals surface area contributed by atoms with Crippen molar-refractivity contribution in [2.75, 3.05) is 14.2 Å². The molecule has 0 bridgehead atoms. The Bertz CT molecular complexity index is 416. The van der Waals surface area contributed by atoms with Crippen molar-refractivity contribution in [2.45, 2.75) is 26.2 Å². The number of carbonyl (C=O) groups excluding carboxylic acids is 1. The Hall–Kier alpha value is -1.03. The second-order valence-corrected chi connectivity index (χ2v) is 4.76. The van der Waals surface area contributed by atoms with Crippen molar-refractivity contribution in [3.63, 3.8) is 0 Å². The Morgan fingerprint density at radius 1 is 1.35 bits per heavy atom. The van der Waals surface area contributed by atoms with Gasteiger partial charge in [-0.25, -0.2) is 0 Å². The third-order valence-electron chi connectivity index (χ3n) is 2.78. The minimum absolute atomic E-state index is 0.128. The lowest BCUT2D eigenvalue weighted by atomic mass is 9.95. The zero-order valence-electron chi connectivity index (χ0n) is 10.5. The van der Waals surface area contributed by atoms with E-state index in [9.17, 15) is 4.79 Å². The van der Waals surface area contributed by atoms with Crippen LogP contribution < -0.4 is 9.47 Å². The van der Waals surface area contributed by atoms with Gasteiger partial charge in [-0.3, -0.25) is 0 Å². The molecule has 0 aliphatic carbocycles. The standard InChI is InChI=1S/C13H17BrO3/c1-8(5-6-15)10-7-9(2)12(16-3)11(14)13(10)17-4/h6-8H,5H2,1-4H3. The van der Waals surface area contributed by atoms with E-state index in [0.717, 1.165) is 33.4 Å². The van der Waals surface area contributed by atoms with E-state index in [4.69, 9.17) is 9.47 Å². The molecule has 0 radical (unpaired) electrons. The van der Waals surface area contributed by atoms with Gasteiger partial charge in [0, 0.05) is 6.42 Å². The number of carbonyl (C=O) groups is 1. The van der Waals surface area contributed by atoms with Crippen molar-refractivity contribution in [3.05, 3.63) is 21.7 Å². The van der Waals surface area contributed by atoms with Crippen molar-refractivity contribution >= 4 is 22.2 Å². The van der Waals surface area contributed by atoms with E-state index in [1.54, 1.807) is 14.2 Å². The molecule has 1 rings (SSSR count).